The van der Waals surface area contributed by atoms with Crippen LogP contribution in [-0.2, 0) is 6.42 Å². The number of hydrogen-bond acceptors (Lipinski definition) is 0. The summed E-state index contributed by atoms with van der Waals surface area (Å²) in [6.45, 7) is 4.38. The molecule has 0 saturated carbocycles. The molecule has 90 valence electrons. The van der Waals surface area contributed by atoms with Crippen LogP contribution in [0.25, 0.3) is 0 Å². The fraction of sp³-hybridized carbons (Fsp3) is 0.538. The van der Waals surface area contributed by atoms with E-state index in [1.54, 1.807) is 0 Å². The normalized spacial score (nSPS) is 13.1. The molecule has 0 saturated heterocycles. The summed E-state index contributed by atoms with van der Waals surface area (Å²) in [5.41, 5.74) is 1.20. The number of rotatable bonds is 5. The molecule has 0 spiro atoms. The van der Waals surface area contributed by atoms with Gasteiger partial charge in [0.05, 0.1) is 10.0 Å². The van der Waals surface area contributed by atoms with Gasteiger partial charge in [-0.1, -0.05) is 43.1 Å². The van der Waals surface area contributed by atoms with Gasteiger partial charge in [0.1, 0.15) is 0 Å². The summed E-state index contributed by atoms with van der Waals surface area (Å²) < 4.78 is 0. The summed E-state index contributed by atoms with van der Waals surface area (Å²) in [5.74, 6) is 0.649. The second-order valence-corrected chi connectivity index (χ2v) is 5.95. The third-order valence-electron chi connectivity index (χ3n) is 2.46. The summed E-state index contributed by atoms with van der Waals surface area (Å²) in [5, 5.41) is 1.47. The smallest absolute Gasteiger partial charge is 0.0595 e. The lowest BCUT2D eigenvalue weighted by atomic mass is 10.0. The molecule has 0 heterocycles. The summed E-state index contributed by atoms with van der Waals surface area (Å²) in [6, 6.07) is 5.76. The maximum Gasteiger partial charge on any atom is 0.0595 e. The highest BCUT2D eigenvalue weighted by molar-refractivity contribution is 6.42. The van der Waals surface area contributed by atoms with Gasteiger partial charge in [0.15, 0.2) is 0 Å². The molecule has 1 atom stereocenters. The van der Waals surface area contributed by atoms with E-state index in [-0.39, 0.29) is 5.38 Å². The molecule has 1 unspecified atom stereocenters. The lowest BCUT2D eigenvalue weighted by Crippen LogP contribution is -2.04. The zero-order valence-electron chi connectivity index (χ0n) is 9.64. The van der Waals surface area contributed by atoms with Gasteiger partial charge in [-0.15, -0.1) is 11.6 Å². The van der Waals surface area contributed by atoms with E-state index in [0.29, 0.717) is 16.0 Å². The van der Waals surface area contributed by atoms with Crippen molar-refractivity contribution >= 4 is 34.8 Å². The topological polar surface area (TPSA) is 0 Å². The van der Waals surface area contributed by atoms with Crippen molar-refractivity contribution in [2.24, 2.45) is 5.92 Å². The van der Waals surface area contributed by atoms with E-state index in [4.69, 9.17) is 34.8 Å². The zero-order chi connectivity index (χ0) is 12.1. The zero-order valence-corrected chi connectivity index (χ0v) is 11.9. The third-order valence-corrected chi connectivity index (χ3v) is 3.59. The molecule has 16 heavy (non-hydrogen) atoms. The van der Waals surface area contributed by atoms with Crippen LogP contribution < -0.4 is 0 Å². The van der Waals surface area contributed by atoms with E-state index >= 15 is 0 Å². The molecule has 3 heteroatoms. The van der Waals surface area contributed by atoms with Crippen molar-refractivity contribution < 1.29 is 0 Å². The van der Waals surface area contributed by atoms with Crippen molar-refractivity contribution in [2.75, 3.05) is 0 Å². The summed E-state index contributed by atoms with van der Waals surface area (Å²) >= 11 is 18.0. The highest BCUT2D eigenvalue weighted by atomic mass is 35.5. The van der Waals surface area contributed by atoms with Crippen molar-refractivity contribution in [3.8, 4) is 0 Å². The molecule has 0 fully saturated rings. The van der Waals surface area contributed by atoms with Crippen LogP contribution in [0.2, 0.25) is 10.0 Å². The SMILES string of the molecule is CC(C)CC(Cl)CCc1ccc(Cl)c(Cl)c1. The first-order valence-corrected chi connectivity index (χ1v) is 6.76. The Labute approximate surface area is 113 Å². The second-order valence-electron chi connectivity index (χ2n) is 4.51. The number of halogens is 3. The van der Waals surface area contributed by atoms with Crippen LogP contribution in [0.3, 0.4) is 0 Å². The number of benzene rings is 1. The maximum atomic E-state index is 6.24. The minimum absolute atomic E-state index is 0.245. The van der Waals surface area contributed by atoms with E-state index in [1.165, 1.54) is 5.56 Å². The van der Waals surface area contributed by atoms with Crippen LogP contribution >= 0.6 is 34.8 Å². The molecule has 0 aromatic heterocycles. The Morgan fingerprint density at radius 1 is 1.12 bits per heavy atom. The van der Waals surface area contributed by atoms with Gasteiger partial charge in [-0.05, 0) is 42.9 Å². The van der Waals surface area contributed by atoms with Crippen LogP contribution in [0.5, 0.6) is 0 Å². The minimum Gasteiger partial charge on any atom is -0.123 e. The first-order chi connectivity index (χ1) is 7.49. The first-order valence-electron chi connectivity index (χ1n) is 5.57. The van der Waals surface area contributed by atoms with Crippen molar-refractivity contribution in [3.63, 3.8) is 0 Å². The highest BCUT2D eigenvalue weighted by Crippen LogP contribution is 2.24. The Balaban J connectivity index is 2.45. The molecule has 1 rings (SSSR count). The van der Waals surface area contributed by atoms with E-state index in [0.717, 1.165) is 19.3 Å². The predicted octanol–water partition coefficient (Wildman–Crippen LogP) is 5.58. The largest absolute Gasteiger partial charge is 0.123 e. The molecular formula is C13H17Cl3. The lowest BCUT2D eigenvalue weighted by molar-refractivity contribution is 0.544. The van der Waals surface area contributed by atoms with Crippen LogP contribution in [0.4, 0.5) is 0 Å². The van der Waals surface area contributed by atoms with E-state index < -0.39 is 0 Å². The molecule has 0 amide bonds. The van der Waals surface area contributed by atoms with E-state index in [9.17, 15) is 0 Å². The molecule has 0 nitrogen and oxygen atoms in total. The van der Waals surface area contributed by atoms with E-state index in [1.807, 2.05) is 18.2 Å². The van der Waals surface area contributed by atoms with Crippen LogP contribution in [-0.4, -0.2) is 5.38 Å². The lowest BCUT2D eigenvalue weighted by Gasteiger charge is -2.11. The van der Waals surface area contributed by atoms with Crippen LogP contribution in [0, 0.1) is 5.92 Å². The van der Waals surface area contributed by atoms with Crippen molar-refractivity contribution in [3.05, 3.63) is 33.8 Å². The summed E-state index contributed by atoms with van der Waals surface area (Å²) in [4.78, 5) is 0. The predicted molar refractivity (Wildman–Crippen MR) is 73.9 cm³/mol. The average molecular weight is 280 g/mol. The van der Waals surface area contributed by atoms with Crippen molar-refractivity contribution in [2.45, 2.75) is 38.5 Å². The van der Waals surface area contributed by atoms with Gasteiger partial charge in [-0.25, -0.2) is 0 Å². The standard InChI is InChI=1S/C13H17Cl3/c1-9(2)7-11(14)5-3-10-4-6-12(15)13(16)8-10/h4,6,8-9,11H,3,5,7H2,1-2H3. The molecule has 0 bridgehead atoms. The van der Waals surface area contributed by atoms with Gasteiger partial charge >= 0.3 is 0 Å². The average Bonchev–Trinajstić information content (AvgIpc) is 2.19. The number of alkyl halides is 1. The first kappa shape index (κ1) is 14.2. The molecule has 0 aliphatic carbocycles. The van der Waals surface area contributed by atoms with Crippen molar-refractivity contribution in [1.29, 1.82) is 0 Å². The number of aryl methyl sites for hydroxylation is 1. The third kappa shape index (κ3) is 4.95. The molecule has 1 aromatic carbocycles. The van der Waals surface area contributed by atoms with Crippen molar-refractivity contribution in [1.82, 2.24) is 0 Å². The minimum atomic E-state index is 0.245. The molecule has 0 aliphatic rings. The second kappa shape index (κ2) is 6.74. The monoisotopic (exact) mass is 278 g/mol. The molecular weight excluding hydrogens is 263 g/mol. The van der Waals surface area contributed by atoms with E-state index in [2.05, 4.69) is 13.8 Å². The summed E-state index contributed by atoms with van der Waals surface area (Å²) in [7, 11) is 0. The molecule has 1 aromatic rings. The fourth-order valence-corrected chi connectivity index (χ4v) is 2.43. The Kier molecular flexibility index (Phi) is 5.96. The highest BCUT2D eigenvalue weighted by Gasteiger charge is 2.08. The fourth-order valence-electron chi connectivity index (χ4n) is 1.65. The maximum absolute atomic E-state index is 6.24. The Morgan fingerprint density at radius 3 is 2.38 bits per heavy atom. The Hall–Kier alpha value is 0.0900. The Bertz CT molecular complexity index is 334. The van der Waals surface area contributed by atoms with Crippen LogP contribution in [0.1, 0.15) is 32.3 Å². The molecule has 0 N–H and O–H groups in total. The van der Waals surface area contributed by atoms with Gasteiger partial charge in [-0.3, -0.25) is 0 Å². The molecule has 0 radical (unpaired) electrons. The molecule has 0 aliphatic heterocycles. The van der Waals surface area contributed by atoms with Gasteiger partial charge in [-0.2, -0.15) is 0 Å². The quantitative estimate of drug-likeness (QED) is 0.617. The van der Waals surface area contributed by atoms with Gasteiger partial charge in [0.2, 0.25) is 0 Å². The summed E-state index contributed by atoms with van der Waals surface area (Å²) in [6.07, 6.45) is 3.00. The van der Waals surface area contributed by atoms with Gasteiger partial charge in [0.25, 0.3) is 0 Å². The Morgan fingerprint density at radius 2 is 1.81 bits per heavy atom. The van der Waals surface area contributed by atoms with Crippen LogP contribution in [0.15, 0.2) is 18.2 Å². The van der Waals surface area contributed by atoms with Gasteiger partial charge in [0, 0.05) is 5.38 Å². The number of hydrogen-bond donors (Lipinski definition) is 0. The van der Waals surface area contributed by atoms with Gasteiger partial charge < -0.3 is 0 Å².